The summed E-state index contributed by atoms with van der Waals surface area (Å²) in [6.45, 7) is 1.75. The minimum Gasteiger partial charge on any atom is -0.398 e. The molecule has 2 aromatic heterocycles. The first-order valence-electron chi connectivity index (χ1n) is 6.15. The standard InChI is InChI=1S/C13H13N5O2S/c1-8-7-16-17-13(8)18-21(19,20)11-5-4-10(14)9-3-2-6-15-12(9)11/h2-7H,14H2,1H3,(H2,16,17,18). The third-order valence-corrected chi connectivity index (χ3v) is 4.50. The van der Waals surface area contributed by atoms with Gasteiger partial charge in [-0.15, -0.1) is 0 Å². The van der Waals surface area contributed by atoms with Crippen molar-refractivity contribution in [1.29, 1.82) is 0 Å². The highest BCUT2D eigenvalue weighted by atomic mass is 32.2. The summed E-state index contributed by atoms with van der Waals surface area (Å²) >= 11 is 0. The summed E-state index contributed by atoms with van der Waals surface area (Å²) in [4.78, 5) is 4.21. The number of aryl methyl sites for hydroxylation is 1. The summed E-state index contributed by atoms with van der Waals surface area (Å²) in [6, 6.07) is 6.44. The predicted octanol–water partition coefficient (Wildman–Crippen LogP) is 1.65. The zero-order valence-corrected chi connectivity index (χ0v) is 12.0. The Labute approximate surface area is 121 Å². The van der Waals surface area contributed by atoms with Crippen molar-refractivity contribution >= 4 is 32.4 Å². The highest BCUT2D eigenvalue weighted by Gasteiger charge is 2.20. The van der Waals surface area contributed by atoms with Crippen LogP contribution in [0.3, 0.4) is 0 Å². The summed E-state index contributed by atoms with van der Waals surface area (Å²) in [6.07, 6.45) is 3.07. The molecule has 0 amide bonds. The Morgan fingerprint density at radius 2 is 2.10 bits per heavy atom. The molecule has 0 radical (unpaired) electrons. The second kappa shape index (κ2) is 4.74. The highest BCUT2D eigenvalue weighted by molar-refractivity contribution is 7.93. The van der Waals surface area contributed by atoms with E-state index in [1.807, 2.05) is 0 Å². The molecule has 0 aliphatic carbocycles. The molecule has 3 aromatic rings. The minimum atomic E-state index is -3.79. The molecule has 0 aliphatic rings. The molecule has 2 heterocycles. The molecule has 0 fully saturated rings. The molecule has 1 aromatic carbocycles. The Kier molecular flexibility index (Phi) is 3.02. The normalized spacial score (nSPS) is 11.7. The molecule has 0 saturated heterocycles. The van der Waals surface area contributed by atoms with Gasteiger partial charge in [0.25, 0.3) is 10.0 Å². The number of hydrogen-bond acceptors (Lipinski definition) is 5. The lowest BCUT2D eigenvalue weighted by molar-refractivity contribution is 0.601. The number of rotatable bonds is 3. The summed E-state index contributed by atoms with van der Waals surface area (Å²) in [5.41, 5.74) is 7.37. The molecule has 0 atom stereocenters. The van der Waals surface area contributed by atoms with Crippen LogP contribution in [0.15, 0.2) is 41.6 Å². The van der Waals surface area contributed by atoms with Gasteiger partial charge in [0.05, 0.1) is 11.7 Å². The van der Waals surface area contributed by atoms with Gasteiger partial charge in [-0.1, -0.05) is 0 Å². The second-order valence-corrected chi connectivity index (χ2v) is 6.24. The summed E-state index contributed by atoms with van der Waals surface area (Å²) < 4.78 is 27.5. The van der Waals surface area contributed by atoms with Crippen molar-refractivity contribution in [3.63, 3.8) is 0 Å². The van der Waals surface area contributed by atoms with Gasteiger partial charge in [0.2, 0.25) is 0 Å². The molecule has 0 unspecified atom stereocenters. The first-order valence-corrected chi connectivity index (χ1v) is 7.63. The maximum absolute atomic E-state index is 12.5. The maximum atomic E-state index is 12.5. The fraction of sp³-hybridized carbons (Fsp3) is 0.0769. The fourth-order valence-corrected chi connectivity index (χ4v) is 3.27. The van der Waals surface area contributed by atoms with Crippen LogP contribution in [0.25, 0.3) is 10.9 Å². The predicted molar refractivity (Wildman–Crippen MR) is 80.3 cm³/mol. The van der Waals surface area contributed by atoms with Gasteiger partial charge in [-0.05, 0) is 31.2 Å². The number of nitrogens with two attached hydrogens (primary N) is 1. The van der Waals surface area contributed by atoms with Gasteiger partial charge in [0.15, 0.2) is 0 Å². The SMILES string of the molecule is Cc1cn[nH]c1NS(=O)(=O)c1ccc(N)c2cccnc12. The van der Waals surface area contributed by atoms with Gasteiger partial charge in [0.1, 0.15) is 10.7 Å². The number of aromatic amines is 1. The zero-order valence-electron chi connectivity index (χ0n) is 11.2. The van der Waals surface area contributed by atoms with Gasteiger partial charge in [0, 0.05) is 22.8 Å². The number of sulfonamides is 1. The Morgan fingerprint density at radius 3 is 2.81 bits per heavy atom. The number of hydrogen-bond donors (Lipinski definition) is 3. The molecule has 4 N–H and O–H groups in total. The van der Waals surface area contributed by atoms with E-state index < -0.39 is 10.0 Å². The molecule has 7 nitrogen and oxygen atoms in total. The van der Waals surface area contributed by atoms with Gasteiger partial charge < -0.3 is 5.73 Å². The van der Waals surface area contributed by atoms with Crippen LogP contribution in [0, 0.1) is 6.92 Å². The van der Waals surface area contributed by atoms with E-state index in [9.17, 15) is 8.42 Å². The average molecular weight is 303 g/mol. The number of anilines is 2. The number of pyridine rings is 1. The van der Waals surface area contributed by atoms with Gasteiger partial charge >= 0.3 is 0 Å². The van der Waals surface area contributed by atoms with Crippen molar-refractivity contribution in [2.45, 2.75) is 11.8 Å². The van der Waals surface area contributed by atoms with Gasteiger partial charge in [-0.3, -0.25) is 14.8 Å². The van der Waals surface area contributed by atoms with Crippen molar-refractivity contribution in [1.82, 2.24) is 15.2 Å². The van der Waals surface area contributed by atoms with E-state index >= 15 is 0 Å². The van der Waals surface area contributed by atoms with Gasteiger partial charge in [-0.25, -0.2) is 8.42 Å². The van der Waals surface area contributed by atoms with Crippen LogP contribution in [0.1, 0.15) is 5.56 Å². The highest BCUT2D eigenvalue weighted by Crippen LogP contribution is 2.27. The number of nitrogens with one attached hydrogen (secondary N) is 2. The van der Waals surface area contributed by atoms with E-state index in [0.717, 1.165) is 0 Å². The molecule has 0 bridgehead atoms. The summed E-state index contributed by atoms with van der Waals surface area (Å²) in [5, 5.41) is 6.99. The fourth-order valence-electron chi connectivity index (χ4n) is 2.02. The Morgan fingerprint density at radius 1 is 1.29 bits per heavy atom. The van der Waals surface area contributed by atoms with Crippen LogP contribution >= 0.6 is 0 Å². The largest absolute Gasteiger partial charge is 0.398 e. The number of H-pyrrole nitrogens is 1. The van der Waals surface area contributed by atoms with Crippen molar-refractivity contribution in [3.05, 3.63) is 42.2 Å². The lowest BCUT2D eigenvalue weighted by atomic mass is 10.2. The Balaban J connectivity index is 2.16. The van der Waals surface area contributed by atoms with Gasteiger partial charge in [-0.2, -0.15) is 5.10 Å². The van der Waals surface area contributed by atoms with Crippen LogP contribution in [-0.4, -0.2) is 23.6 Å². The average Bonchev–Trinajstić information content (AvgIpc) is 2.84. The summed E-state index contributed by atoms with van der Waals surface area (Å²) in [7, 11) is -3.79. The van der Waals surface area contributed by atoms with E-state index in [0.29, 0.717) is 28.0 Å². The Bertz CT molecular complexity index is 917. The van der Waals surface area contributed by atoms with Crippen LogP contribution < -0.4 is 10.5 Å². The Hall–Kier alpha value is -2.61. The third-order valence-electron chi connectivity index (χ3n) is 3.12. The van der Waals surface area contributed by atoms with Crippen molar-refractivity contribution < 1.29 is 8.42 Å². The van der Waals surface area contributed by atoms with E-state index in [4.69, 9.17) is 5.73 Å². The molecule has 8 heteroatoms. The lowest BCUT2D eigenvalue weighted by Gasteiger charge is -2.10. The van der Waals surface area contributed by atoms with E-state index in [2.05, 4.69) is 19.9 Å². The number of nitrogen functional groups attached to an aromatic ring is 1. The topological polar surface area (TPSA) is 114 Å². The van der Waals surface area contributed by atoms with Crippen LogP contribution in [0.4, 0.5) is 11.5 Å². The number of nitrogens with zero attached hydrogens (tertiary/aromatic N) is 2. The number of benzene rings is 1. The van der Waals surface area contributed by atoms with Crippen LogP contribution in [0.5, 0.6) is 0 Å². The van der Waals surface area contributed by atoms with Crippen LogP contribution in [0.2, 0.25) is 0 Å². The zero-order chi connectivity index (χ0) is 15.0. The van der Waals surface area contributed by atoms with E-state index in [-0.39, 0.29) is 4.90 Å². The third kappa shape index (κ3) is 2.29. The number of fused-ring (bicyclic) bond motifs is 1. The number of aromatic nitrogens is 3. The van der Waals surface area contributed by atoms with E-state index in [1.165, 1.54) is 18.5 Å². The first kappa shape index (κ1) is 13.4. The molecular formula is C13H13N5O2S. The van der Waals surface area contributed by atoms with Crippen LogP contribution in [-0.2, 0) is 10.0 Å². The van der Waals surface area contributed by atoms with Crippen molar-refractivity contribution in [2.24, 2.45) is 0 Å². The molecule has 3 rings (SSSR count). The molecule has 108 valence electrons. The first-order chi connectivity index (χ1) is 9.99. The molecule has 0 spiro atoms. The second-order valence-electron chi connectivity index (χ2n) is 4.59. The molecule has 21 heavy (non-hydrogen) atoms. The summed E-state index contributed by atoms with van der Waals surface area (Å²) in [5.74, 6) is 0.330. The minimum absolute atomic E-state index is 0.0706. The smallest absolute Gasteiger partial charge is 0.265 e. The maximum Gasteiger partial charge on any atom is 0.265 e. The molecular weight excluding hydrogens is 290 g/mol. The molecule has 0 aliphatic heterocycles. The molecule has 0 saturated carbocycles. The quantitative estimate of drug-likeness (QED) is 0.637. The van der Waals surface area contributed by atoms with Crippen molar-refractivity contribution in [3.8, 4) is 0 Å². The van der Waals surface area contributed by atoms with Crippen molar-refractivity contribution in [2.75, 3.05) is 10.5 Å². The lowest BCUT2D eigenvalue weighted by Crippen LogP contribution is -2.15. The monoisotopic (exact) mass is 303 g/mol. The van der Waals surface area contributed by atoms with E-state index in [1.54, 1.807) is 25.1 Å².